The fraction of sp³-hybridized carbons (Fsp3) is 0.400. The van der Waals surface area contributed by atoms with Crippen LogP contribution in [0.1, 0.15) is 6.92 Å². The Hall–Kier alpha value is -1.03. The Morgan fingerprint density at radius 1 is 1.43 bits per heavy atom. The summed E-state index contributed by atoms with van der Waals surface area (Å²) in [5, 5.41) is -0.743. The van der Waals surface area contributed by atoms with Crippen LogP contribution < -0.4 is 0 Å². The molecular weight excluding hydrogens is 200 g/mol. The number of ether oxygens (including phenoxy) is 1. The quantitative estimate of drug-likeness (QED) is 0.367. The molecule has 0 fully saturated rings. The van der Waals surface area contributed by atoms with Crippen LogP contribution in [0.2, 0.25) is 0 Å². The normalized spacial score (nSPS) is 11.5. The van der Waals surface area contributed by atoms with Gasteiger partial charge in [0.05, 0.1) is 0 Å². The molecule has 1 unspecified atom stereocenters. The summed E-state index contributed by atoms with van der Waals surface area (Å²) in [6.45, 7) is 8.43. The van der Waals surface area contributed by atoms with Gasteiger partial charge >= 0.3 is 5.97 Å². The van der Waals surface area contributed by atoms with Crippen LogP contribution >= 0.6 is 11.8 Å². The van der Waals surface area contributed by atoms with Crippen LogP contribution in [0.25, 0.3) is 0 Å². The van der Waals surface area contributed by atoms with Crippen molar-refractivity contribution < 1.29 is 14.3 Å². The number of rotatable bonds is 7. The Bertz CT molecular complexity index is 236. The first-order chi connectivity index (χ1) is 6.63. The summed E-state index contributed by atoms with van der Waals surface area (Å²) in [5.41, 5.74) is 0. The molecule has 0 bridgehead atoms. The smallest absolute Gasteiger partial charge is 0.327 e. The number of carbonyl (C=O) groups is 2. The van der Waals surface area contributed by atoms with Gasteiger partial charge in [0.2, 0.25) is 0 Å². The molecule has 0 heterocycles. The predicted molar refractivity (Wildman–Crippen MR) is 58.3 cm³/mol. The van der Waals surface area contributed by atoms with E-state index in [1.54, 1.807) is 6.08 Å². The molecule has 4 heteroatoms. The van der Waals surface area contributed by atoms with Gasteiger partial charge in [-0.1, -0.05) is 18.7 Å². The summed E-state index contributed by atoms with van der Waals surface area (Å²) in [5.74, 6) is -0.164. The number of ketones is 1. The maximum atomic E-state index is 11.3. The lowest BCUT2D eigenvalue weighted by Gasteiger charge is -2.10. The summed E-state index contributed by atoms with van der Waals surface area (Å²) >= 11 is 1.21. The van der Waals surface area contributed by atoms with Crippen molar-refractivity contribution in [3.05, 3.63) is 25.3 Å². The highest BCUT2D eigenvalue weighted by atomic mass is 32.2. The highest BCUT2D eigenvalue weighted by Crippen LogP contribution is 2.13. The van der Waals surface area contributed by atoms with Crippen molar-refractivity contribution in [2.45, 2.75) is 12.2 Å². The second-order valence-corrected chi connectivity index (χ2v) is 3.67. The van der Waals surface area contributed by atoms with Crippen LogP contribution in [0.4, 0.5) is 0 Å². The monoisotopic (exact) mass is 214 g/mol. The molecule has 0 rings (SSSR count). The lowest BCUT2D eigenvalue weighted by Crippen LogP contribution is -2.27. The third-order valence-corrected chi connectivity index (χ3v) is 2.59. The van der Waals surface area contributed by atoms with Crippen LogP contribution in [0.15, 0.2) is 25.3 Å². The van der Waals surface area contributed by atoms with Crippen LogP contribution in [-0.2, 0) is 14.3 Å². The number of esters is 1. The molecular formula is C10H14O3S. The number of carbonyl (C=O) groups excluding carboxylic acids is 2. The van der Waals surface area contributed by atoms with E-state index in [0.717, 1.165) is 0 Å². The van der Waals surface area contributed by atoms with E-state index in [4.69, 9.17) is 4.74 Å². The molecule has 0 aromatic rings. The number of hydrogen-bond acceptors (Lipinski definition) is 4. The molecule has 0 radical (unpaired) electrons. The number of hydrogen-bond donors (Lipinski definition) is 0. The Morgan fingerprint density at radius 2 is 2.07 bits per heavy atom. The maximum Gasteiger partial charge on any atom is 0.327 e. The highest BCUT2D eigenvalue weighted by Gasteiger charge is 2.24. The summed E-state index contributed by atoms with van der Waals surface area (Å²) in [4.78, 5) is 22.4. The molecule has 0 spiro atoms. The minimum atomic E-state index is -0.743. The van der Waals surface area contributed by atoms with Gasteiger partial charge in [0.25, 0.3) is 0 Å². The molecule has 1 atom stereocenters. The highest BCUT2D eigenvalue weighted by molar-refractivity contribution is 8.01. The fourth-order valence-corrected chi connectivity index (χ4v) is 1.50. The van der Waals surface area contributed by atoms with Gasteiger partial charge in [0.15, 0.2) is 11.0 Å². The molecule has 0 saturated carbocycles. The lowest BCUT2D eigenvalue weighted by molar-refractivity contribution is -0.143. The lowest BCUT2D eigenvalue weighted by atomic mass is 10.3. The van der Waals surface area contributed by atoms with E-state index in [1.807, 2.05) is 0 Å². The first-order valence-electron chi connectivity index (χ1n) is 4.14. The SMILES string of the molecule is C=CCOC(=O)C(SCC=C)C(C)=O. The molecule has 3 nitrogen and oxygen atoms in total. The topological polar surface area (TPSA) is 43.4 Å². The summed E-state index contributed by atoms with van der Waals surface area (Å²) in [7, 11) is 0. The molecule has 0 saturated heterocycles. The van der Waals surface area contributed by atoms with Crippen molar-refractivity contribution in [1.29, 1.82) is 0 Å². The van der Waals surface area contributed by atoms with E-state index in [2.05, 4.69) is 13.2 Å². The Balaban J connectivity index is 4.17. The standard InChI is InChI=1S/C10H14O3S/c1-4-6-13-10(12)9(8(3)11)14-7-5-2/h4-5,9H,1-2,6-7H2,3H3. The fourth-order valence-electron chi connectivity index (χ4n) is 0.732. The van der Waals surface area contributed by atoms with E-state index in [9.17, 15) is 9.59 Å². The van der Waals surface area contributed by atoms with Gasteiger partial charge in [-0.3, -0.25) is 9.59 Å². The largest absolute Gasteiger partial charge is 0.460 e. The van der Waals surface area contributed by atoms with Crippen molar-refractivity contribution in [3.8, 4) is 0 Å². The third kappa shape index (κ3) is 4.87. The molecule has 14 heavy (non-hydrogen) atoms. The second-order valence-electron chi connectivity index (χ2n) is 2.53. The number of Topliss-reactive ketones (excluding diaryl/α,β-unsaturated/α-hetero) is 1. The summed E-state index contributed by atoms with van der Waals surface area (Å²) in [6, 6.07) is 0. The zero-order chi connectivity index (χ0) is 11.0. The van der Waals surface area contributed by atoms with E-state index in [-0.39, 0.29) is 12.4 Å². The Morgan fingerprint density at radius 3 is 2.50 bits per heavy atom. The third-order valence-electron chi connectivity index (χ3n) is 1.31. The first kappa shape index (κ1) is 13.0. The van der Waals surface area contributed by atoms with Crippen LogP contribution in [0, 0.1) is 0 Å². The van der Waals surface area contributed by atoms with Crippen molar-refractivity contribution in [2.75, 3.05) is 12.4 Å². The summed E-state index contributed by atoms with van der Waals surface area (Å²) in [6.07, 6.45) is 3.11. The molecule has 78 valence electrons. The minimum Gasteiger partial charge on any atom is -0.460 e. The van der Waals surface area contributed by atoms with Crippen molar-refractivity contribution in [1.82, 2.24) is 0 Å². The van der Waals surface area contributed by atoms with Gasteiger partial charge in [-0.25, -0.2) is 0 Å². The molecule has 0 aromatic heterocycles. The van der Waals surface area contributed by atoms with E-state index in [0.29, 0.717) is 5.75 Å². The van der Waals surface area contributed by atoms with Crippen molar-refractivity contribution >= 4 is 23.5 Å². The zero-order valence-corrected chi connectivity index (χ0v) is 9.01. The summed E-state index contributed by atoms with van der Waals surface area (Å²) < 4.78 is 4.78. The van der Waals surface area contributed by atoms with Gasteiger partial charge in [0, 0.05) is 5.75 Å². The molecule has 0 aromatic carbocycles. The molecule has 0 aliphatic heterocycles. The Labute approximate surface area is 88.2 Å². The van der Waals surface area contributed by atoms with Gasteiger partial charge < -0.3 is 4.74 Å². The second kappa shape index (κ2) is 7.38. The molecule has 0 aliphatic carbocycles. The minimum absolute atomic E-state index is 0.136. The van der Waals surface area contributed by atoms with Gasteiger partial charge in [0.1, 0.15) is 6.61 Å². The van der Waals surface area contributed by atoms with Crippen molar-refractivity contribution in [3.63, 3.8) is 0 Å². The molecule has 0 N–H and O–H groups in total. The average Bonchev–Trinajstić information content (AvgIpc) is 2.14. The van der Waals surface area contributed by atoms with Gasteiger partial charge in [-0.2, -0.15) is 0 Å². The van der Waals surface area contributed by atoms with E-state index in [1.165, 1.54) is 24.8 Å². The number of thioether (sulfide) groups is 1. The zero-order valence-electron chi connectivity index (χ0n) is 8.19. The maximum absolute atomic E-state index is 11.3. The molecule has 0 amide bonds. The van der Waals surface area contributed by atoms with Crippen molar-refractivity contribution in [2.24, 2.45) is 0 Å². The predicted octanol–water partition coefficient (Wildman–Crippen LogP) is 1.59. The Kier molecular flexibility index (Phi) is 6.84. The van der Waals surface area contributed by atoms with Crippen LogP contribution in [-0.4, -0.2) is 29.4 Å². The van der Waals surface area contributed by atoms with E-state index >= 15 is 0 Å². The van der Waals surface area contributed by atoms with Crippen LogP contribution in [0.5, 0.6) is 0 Å². The molecule has 0 aliphatic rings. The first-order valence-corrected chi connectivity index (χ1v) is 5.18. The average molecular weight is 214 g/mol. The van der Waals surface area contributed by atoms with E-state index < -0.39 is 11.2 Å². The van der Waals surface area contributed by atoms with Crippen LogP contribution in [0.3, 0.4) is 0 Å². The van der Waals surface area contributed by atoms with Gasteiger partial charge in [-0.15, -0.1) is 18.3 Å². The van der Waals surface area contributed by atoms with Gasteiger partial charge in [-0.05, 0) is 6.92 Å².